The second-order valence-corrected chi connectivity index (χ2v) is 9.73. The molecule has 2 aliphatic carbocycles. The zero-order valence-electron chi connectivity index (χ0n) is 18.6. The maximum Gasteiger partial charge on any atom is 0.398 e. The van der Waals surface area contributed by atoms with Gasteiger partial charge in [-0.3, -0.25) is 0 Å². The van der Waals surface area contributed by atoms with E-state index in [0.29, 0.717) is 12.3 Å². The van der Waals surface area contributed by atoms with Crippen LogP contribution in [-0.4, -0.2) is 6.18 Å². The van der Waals surface area contributed by atoms with Gasteiger partial charge in [0.05, 0.1) is 5.41 Å². The van der Waals surface area contributed by atoms with Crippen LogP contribution < -0.4 is 0 Å². The van der Waals surface area contributed by atoms with Gasteiger partial charge in [-0.1, -0.05) is 107 Å². The van der Waals surface area contributed by atoms with Crippen LogP contribution in [0.25, 0.3) is 5.57 Å². The van der Waals surface area contributed by atoms with E-state index in [1.165, 1.54) is 38.2 Å². The molecule has 1 aromatic rings. The largest absolute Gasteiger partial charge is 0.398 e. The predicted molar refractivity (Wildman–Crippen MR) is 120 cm³/mol. The summed E-state index contributed by atoms with van der Waals surface area (Å²) in [6.45, 7) is 4.56. The van der Waals surface area contributed by atoms with Crippen molar-refractivity contribution in [3.8, 4) is 0 Å². The van der Waals surface area contributed by atoms with Crippen molar-refractivity contribution < 1.29 is 13.2 Å². The van der Waals surface area contributed by atoms with Gasteiger partial charge in [-0.2, -0.15) is 13.2 Å². The fourth-order valence-corrected chi connectivity index (χ4v) is 5.05. The van der Waals surface area contributed by atoms with Crippen molar-refractivity contribution in [1.29, 1.82) is 0 Å². The summed E-state index contributed by atoms with van der Waals surface area (Å²) < 4.78 is 42.2. The van der Waals surface area contributed by atoms with Crippen molar-refractivity contribution in [2.75, 3.05) is 0 Å². The molecule has 1 aromatic carbocycles. The Morgan fingerprint density at radius 2 is 1.63 bits per heavy atom. The Balaban J connectivity index is 1.54. The second-order valence-electron chi connectivity index (χ2n) is 9.73. The average molecular weight is 419 g/mol. The fraction of sp³-hybridized carbons (Fsp3) is 0.630. The lowest BCUT2D eigenvalue weighted by molar-refractivity contribution is -0.208. The minimum Gasteiger partial charge on any atom is -0.170 e. The molecule has 2 aliphatic rings. The van der Waals surface area contributed by atoms with E-state index in [2.05, 4.69) is 13.8 Å². The van der Waals surface area contributed by atoms with Gasteiger partial charge in [0, 0.05) is 0 Å². The predicted octanol–water partition coefficient (Wildman–Crippen LogP) is 8.99. The first-order valence-electron chi connectivity index (χ1n) is 11.8. The Bertz CT molecular complexity index is 707. The highest BCUT2D eigenvalue weighted by Gasteiger charge is 2.52. The first kappa shape index (κ1) is 23.2. The molecule has 0 saturated heterocycles. The highest BCUT2D eigenvalue weighted by Crippen LogP contribution is 2.50. The van der Waals surface area contributed by atoms with Crippen LogP contribution in [0.15, 0.2) is 48.6 Å². The van der Waals surface area contributed by atoms with Crippen molar-refractivity contribution >= 4 is 5.57 Å². The summed E-state index contributed by atoms with van der Waals surface area (Å²) >= 11 is 0. The lowest BCUT2D eigenvalue weighted by atomic mass is 9.71. The number of rotatable bonds is 8. The number of hydrogen-bond donors (Lipinski definition) is 0. The van der Waals surface area contributed by atoms with E-state index >= 15 is 0 Å². The Hall–Kier alpha value is -1.51. The molecule has 0 nitrogen and oxygen atoms in total. The molecule has 0 amide bonds. The fourth-order valence-electron chi connectivity index (χ4n) is 5.05. The van der Waals surface area contributed by atoms with Gasteiger partial charge in [-0.05, 0) is 48.2 Å². The van der Waals surface area contributed by atoms with E-state index in [1.54, 1.807) is 12.2 Å². The monoisotopic (exact) mass is 418 g/mol. The smallest absolute Gasteiger partial charge is 0.170 e. The van der Waals surface area contributed by atoms with E-state index < -0.39 is 11.6 Å². The first-order chi connectivity index (χ1) is 14.3. The molecule has 0 aromatic heterocycles. The third-order valence-corrected chi connectivity index (χ3v) is 7.67. The Labute approximate surface area is 180 Å². The average Bonchev–Trinajstić information content (AvgIpc) is 2.77. The van der Waals surface area contributed by atoms with E-state index in [-0.39, 0.29) is 12.8 Å². The van der Waals surface area contributed by atoms with Crippen LogP contribution in [0, 0.1) is 23.2 Å². The molecule has 0 radical (unpaired) electrons. The van der Waals surface area contributed by atoms with Crippen LogP contribution in [0.5, 0.6) is 0 Å². The van der Waals surface area contributed by atoms with Gasteiger partial charge < -0.3 is 0 Å². The highest BCUT2D eigenvalue weighted by molar-refractivity contribution is 5.75. The van der Waals surface area contributed by atoms with Gasteiger partial charge in [0.25, 0.3) is 0 Å². The van der Waals surface area contributed by atoms with Gasteiger partial charge in [-0.15, -0.1) is 0 Å². The first-order valence-corrected chi connectivity index (χ1v) is 11.8. The molecule has 3 rings (SSSR count). The minimum atomic E-state index is -4.20. The van der Waals surface area contributed by atoms with E-state index in [9.17, 15) is 13.2 Å². The van der Waals surface area contributed by atoms with E-state index in [1.807, 2.05) is 30.3 Å². The van der Waals surface area contributed by atoms with Gasteiger partial charge in [-0.25, -0.2) is 0 Å². The van der Waals surface area contributed by atoms with Crippen LogP contribution in [0.2, 0.25) is 0 Å². The standard InChI is InChI=1S/C27H37F3/c1-3-21(2)9-10-22-11-13-23(14-12-22)15-18-26(27(28,29)30)19-16-25(17-20-26)24-7-5-4-6-8-24/h4-8,16-17,19,21-23H,3,9-15,18,20H2,1-2H3. The number of halogens is 3. The van der Waals surface area contributed by atoms with Crippen molar-refractivity contribution in [1.82, 2.24) is 0 Å². The second kappa shape index (κ2) is 10.2. The third-order valence-electron chi connectivity index (χ3n) is 7.67. The van der Waals surface area contributed by atoms with Gasteiger partial charge in [0.15, 0.2) is 0 Å². The van der Waals surface area contributed by atoms with E-state index in [0.717, 1.165) is 35.8 Å². The number of benzene rings is 1. The summed E-state index contributed by atoms with van der Waals surface area (Å²) in [4.78, 5) is 0. The molecular weight excluding hydrogens is 381 g/mol. The molecule has 1 saturated carbocycles. The molecule has 0 heterocycles. The normalized spacial score (nSPS) is 28.2. The Kier molecular flexibility index (Phi) is 7.87. The van der Waals surface area contributed by atoms with Crippen LogP contribution >= 0.6 is 0 Å². The molecule has 0 aliphatic heterocycles. The third kappa shape index (κ3) is 5.80. The molecule has 1 fully saturated rings. The maximum absolute atomic E-state index is 14.1. The summed E-state index contributed by atoms with van der Waals surface area (Å²) in [6.07, 6.45) is 10.1. The lowest BCUT2D eigenvalue weighted by Crippen LogP contribution is -2.37. The molecule has 166 valence electrons. The SMILES string of the molecule is CCC(C)CCC1CCC(CCC2(C(F)(F)F)C=CC(c3ccccc3)=CC2)CC1. The van der Waals surface area contributed by atoms with Crippen LogP contribution in [0.1, 0.15) is 83.6 Å². The zero-order chi connectivity index (χ0) is 21.6. The molecule has 0 N–H and O–H groups in total. The summed E-state index contributed by atoms with van der Waals surface area (Å²) in [5.74, 6) is 2.04. The van der Waals surface area contributed by atoms with Gasteiger partial charge in [0.1, 0.15) is 0 Å². The summed E-state index contributed by atoms with van der Waals surface area (Å²) in [7, 11) is 0. The van der Waals surface area contributed by atoms with Gasteiger partial charge >= 0.3 is 6.18 Å². The van der Waals surface area contributed by atoms with Crippen LogP contribution in [0.3, 0.4) is 0 Å². The lowest BCUT2D eigenvalue weighted by Gasteiger charge is -2.37. The minimum absolute atomic E-state index is 0.0570. The molecule has 2 unspecified atom stereocenters. The number of hydrogen-bond acceptors (Lipinski definition) is 0. The summed E-state index contributed by atoms with van der Waals surface area (Å²) in [5.41, 5.74) is 0.191. The highest BCUT2D eigenvalue weighted by atomic mass is 19.4. The van der Waals surface area contributed by atoms with Crippen molar-refractivity contribution in [3.63, 3.8) is 0 Å². The molecule has 0 bridgehead atoms. The van der Waals surface area contributed by atoms with Crippen LogP contribution in [-0.2, 0) is 0 Å². The quantitative estimate of drug-likeness (QED) is 0.395. The molecule has 0 spiro atoms. The summed E-state index contributed by atoms with van der Waals surface area (Å²) in [5, 5.41) is 0. The van der Waals surface area contributed by atoms with Crippen molar-refractivity contribution in [3.05, 3.63) is 54.1 Å². The zero-order valence-corrected chi connectivity index (χ0v) is 18.6. The Morgan fingerprint density at radius 1 is 1.00 bits per heavy atom. The topological polar surface area (TPSA) is 0 Å². The maximum atomic E-state index is 14.1. The number of allylic oxidation sites excluding steroid dienone is 4. The molecule has 3 heteroatoms. The molecule has 2 atom stereocenters. The number of alkyl halides is 3. The summed E-state index contributed by atoms with van der Waals surface area (Å²) in [6, 6.07) is 9.69. The van der Waals surface area contributed by atoms with E-state index in [4.69, 9.17) is 0 Å². The Morgan fingerprint density at radius 3 is 2.17 bits per heavy atom. The van der Waals surface area contributed by atoms with Crippen molar-refractivity contribution in [2.45, 2.75) is 84.2 Å². The molecule has 30 heavy (non-hydrogen) atoms. The molecular formula is C27H37F3. The van der Waals surface area contributed by atoms with Crippen LogP contribution in [0.4, 0.5) is 13.2 Å². The van der Waals surface area contributed by atoms with Crippen molar-refractivity contribution in [2.24, 2.45) is 23.2 Å². The van der Waals surface area contributed by atoms with Gasteiger partial charge in [0.2, 0.25) is 0 Å².